The Morgan fingerprint density at radius 2 is 1.66 bits per heavy atom. The van der Waals surface area contributed by atoms with Crippen molar-refractivity contribution in [3.05, 3.63) is 81.7 Å². The van der Waals surface area contributed by atoms with Crippen LogP contribution in [-0.2, 0) is 23.1 Å². The highest BCUT2D eigenvalue weighted by atomic mass is 35.5. The van der Waals surface area contributed by atoms with E-state index in [1.165, 1.54) is 16.4 Å². The monoisotopic (exact) mass is 603 g/mol. The molecule has 0 radical (unpaired) electrons. The van der Waals surface area contributed by atoms with E-state index in [-0.39, 0.29) is 39.4 Å². The van der Waals surface area contributed by atoms with Crippen LogP contribution in [0.5, 0.6) is 0 Å². The van der Waals surface area contributed by atoms with E-state index in [2.05, 4.69) is 10.6 Å². The van der Waals surface area contributed by atoms with E-state index >= 15 is 0 Å². The van der Waals surface area contributed by atoms with Gasteiger partial charge in [0.05, 0.1) is 6.54 Å². The summed E-state index contributed by atoms with van der Waals surface area (Å²) < 4.78 is 65.4. The molecule has 1 aliphatic heterocycles. The molecule has 1 saturated heterocycles. The fourth-order valence-electron chi connectivity index (χ4n) is 3.96. The number of thioether (sulfide) groups is 1. The number of thiophene rings is 1. The number of carbonyl (C=O) groups excluding carboxylic acids is 1. The van der Waals surface area contributed by atoms with Gasteiger partial charge in [-0.15, -0.1) is 11.3 Å². The van der Waals surface area contributed by atoms with Crippen LogP contribution < -0.4 is 10.6 Å². The van der Waals surface area contributed by atoms with Crippen molar-refractivity contribution in [2.45, 2.75) is 46.6 Å². The fraction of sp³-hybridized carbons (Fsp3) is 0.320. The van der Waals surface area contributed by atoms with Crippen molar-refractivity contribution in [1.82, 2.24) is 14.9 Å². The maximum atomic E-state index is 13.1. The van der Waals surface area contributed by atoms with Crippen LogP contribution in [0.1, 0.15) is 33.6 Å². The summed E-state index contributed by atoms with van der Waals surface area (Å²) in [7, 11) is -3.64. The molecular weight excluding hydrogens is 579 g/mol. The molecule has 0 spiro atoms. The lowest BCUT2D eigenvalue weighted by molar-refractivity contribution is -0.0328. The van der Waals surface area contributed by atoms with Crippen molar-refractivity contribution >= 4 is 50.6 Å². The maximum absolute atomic E-state index is 13.1. The second-order valence-corrected chi connectivity index (χ2v) is 13.6. The van der Waals surface area contributed by atoms with Crippen molar-refractivity contribution in [3.63, 3.8) is 0 Å². The van der Waals surface area contributed by atoms with E-state index < -0.39 is 15.5 Å². The first-order valence-electron chi connectivity index (χ1n) is 11.7. The summed E-state index contributed by atoms with van der Waals surface area (Å²) in [6, 6.07) is 16.1. The van der Waals surface area contributed by atoms with Gasteiger partial charge < -0.3 is 10.6 Å². The number of rotatable bonds is 9. The summed E-state index contributed by atoms with van der Waals surface area (Å²) in [4.78, 5) is 13.2. The van der Waals surface area contributed by atoms with Gasteiger partial charge in [-0.2, -0.15) is 17.5 Å². The number of halogens is 4. The lowest BCUT2D eigenvalue weighted by Gasteiger charge is -2.31. The minimum absolute atomic E-state index is 0.104. The first-order chi connectivity index (χ1) is 18.0. The van der Waals surface area contributed by atoms with E-state index in [0.29, 0.717) is 43.1 Å². The number of hydrogen-bond acceptors (Lipinski definition) is 6. The number of sulfonamides is 1. The molecule has 0 saturated carbocycles. The van der Waals surface area contributed by atoms with Gasteiger partial charge in [0.25, 0.3) is 15.9 Å². The highest BCUT2D eigenvalue weighted by molar-refractivity contribution is 8.00. The van der Waals surface area contributed by atoms with Gasteiger partial charge in [0, 0.05) is 46.0 Å². The first kappa shape index (κ1) is 28.9. The Hall–Kier alpha value is -2.09. The molecule has 38 heavy (non-hydrogen) atoms. The molecule has 2 N–H and O–H groups in total. The molecule has 3 aromatic rings. The van der Waals surface area contributed by atoms with Crippen LogP contribution in [-0.4, -0.2) is 43.3 Å². The van der Waals surface area contributed by atoms with Crippen LogP contribution in [0.4, 0.5) is 13.2 Å². The molecule has 1 amide bonds. The minimum atomic E-state index is -4.31. The Bertz CT molecular complexity index is 1340. The quantitative estimate of drug-likeness (QED) is 0.298. The number of hydrogen-bond donors (Lipinski definition) is 2. The second-order valence-electron chi connectivity index (χ2n) is 8.66. The third kappa shape index (κ3) is 7.96. The van der Waals surface area contributed by atoms with Gasteiger partial charge >= 0.3 is 5.51 Å². The molecule has 0 atom stereocenters. The van der Waals surface area contributed by atoms with Crippen LogP contribution in [0.15, 0.2) is 69.8 Å². The van der Waals surface area contributed by atoms with Gasteiger partial charge in [-0.05, 0) is 78.7 Å². The number of carbonyl (C=O) groups is 1. The van der Waals surface area contributed by atoms with Crippen LogP contribution in [0.3, 0.4) is 0 Å². The van der Waals surface area contributed by atoms with Crippen molar-refractivity contribution in [2.24, 2.45) is 0 Å². The largest absolute Gasteiger partial charge is 0.446 e. The molecule has 13 heteroatoms. The SMILES string of the molecule is O=C(NCc1ccc(S(=O)(=O)N2CCC(NCc3ccc(SC(F)(F)F)cc3)CC2)s1)c1ccc(Cl)cc1. The van der Waals surface area contributed by atoms with E-state index in [1.54, 1.807) is 48.5 Å². The van der Waals surface area contributed by atoms with Crippen molar-refractivity contribution in [3.8, 4) is 0 Å². The maximum Gasteiger partial charge on any atom is 0.446 e. The number of amides is 1. The Morgan fingerprint density at radius 1 is 1.00 bits per heavy atom. The van der Waals surface area contributed by atoms with E-state index in [4.69, 9.17) is 11.6 Å². The topological polar surface area (TPSA) is 78.5 Å². The molecule has 204 valence electrons. The Kier molecular flexibility index (Phi) is 9.43. The Labute approximate surface area is 232 Å². The summed E-state index contributed by atoms with van der Waals surface area (Å²) in [5.74, 6) is -0.273. The summed E-state index contributed by atoms with van der Waals surface area (Å²) in [5, 5.41) is 6.69. The number of nitrogens with zero attached hydrogens (tertiary/aromatic N) is 1. The van der Waals surface area contributed by atoms with Gasteiger partial charge in [-0.25, -0.2) is 8.42 Å². The molecule has 0 aliphatic carbocycles. The zero-order valence-corrected chi connectivity index (χ0v) is 23.2. The molecule has 2 aromatic carbocycles. The van der Waals surface area contributed by atoms with Gasteiger partial charge in [0.1, 0.15) is 4.21 Å². The predicted molar refractivity (Wildman–Crippen MR) is 144 cm³/mol. The Balaban J connectivity index is 1.24. The standard InChI is InChI=1S/C25H25ClF3N3O3S3/c26-19-5-3-18(4-6-19)24(33)31-16-22-9-10-23(36-22)38(34,35)32-13-11-20(12-14-32)30-15-17-1-7-21(8-2-17)37-25(27,28)29/h1-10,20,30H,11-16H2,(H,31,33). The van der Waals surface area contributed by atoms with Crippen molar-refractivity contribution in [1.29, 1.82) is 0 Å². The molecule has 6 nitrogen and oxygen atoms in total. The zero-order chi connectivity index (χ0) is 27.3. The Morgan fingerprint density at radius 3 is 2.29 bits per heavy atom. The van der Waals surface area contributed by atoms with Gasteiger partial charge in [-0.1, -0.05) is 23.7 Å². The smallest absolute Gasteiger partial charge is 0.347 e. The molecule has 1 aromatic heterocycles. The van der Waals surface area contributed by atoms with Crippen LogP contribution >= 0.6 is 34.7 Å². The lowest BCUT2D eigenvalue weighted by Crippen LogP contribution is -2.44. The number of nitrogens with one attached hydrogen (secondary N) is 2. The summed E-state index contributed by atoms with van der Waals surface area (Å²) in [6.07, 6.45) is 1.24. The number of piperidine rings is 1. The third-order valence-electron chi connectivity index (χ3n) is 5.97. The van der Waals surface area contributed by atoms with Crippen LogP contribution in [0, 0.1) is 0 Å². The normalized spacial score (nSPS) is 15.5. The number of benzene rings is 2. The molecule has 2 heterocycles. The van der Waals surface area contributed by atoms with E-state index in [1.807, 2.05) is 0 Å². The van der Waals surface area contributed by atoms with Crippen LogP contribution in [0.25, 0.3) is 0 Å². The van der Waals surface area contributed by atoms with Gasteiger partial charge in [0.15, 0.2) is 0 Å². The first-order valence-corrected chi connectivity index (χ1v) is 15.2. The fourth-order valence-corrected chi connectivity index (χ4v) is 7.55. The van der Waals surface area contributed by atoms with Crippen molar-refractivity contribution < 1.29 is 26.4 Å². The predicted octanol–water partition coefficient (Wildman–Crippen LogP) is 5.89. The number of alkyl halides is 3. The van der Waals surface area contributed by atoms with Crippen molar-refractivity contribution in [2.75, 3.05) is 13.1 Å². The van der Waals surface area contributed by atoms with E-state index in [9.17, 15) is 26.4 Å². The summed E-state index contributed by atoms with van der Waals surface area (Å²) >= 11 is 6.83. The van der Waals surface area contributed by atoms with Gasteiger partial charge in [-0.3, -0.25) is 4.79 Å². The summed E-state index contributed by atoms with van der Waals surface area (Å²) in [5.41, 5.74) is -2.99. The molecule has 1 aliphatic rings. The zero-order valence-electron chi connectivity index (χ0n) is 20.0. The van der Waals surface area contributed by atoms with Crippen LogP contribution in [0.2, 0.25) is 5.02 Å². The third-order valence-corrected chi connectivity index (χ3v) is 10.4. The van der Waals surface area contributed by atoms with E-state index in [0.717, 1.165) is 21.8 Å². The minimum Gasteiger partial charge on any atom is -0.347 e. The average molecular weight is 604 g/mol. The average Bonchev–Trinajstić information content (AvgIpc) is 3.37. The lowest BCUT2D eigenvalue weighted by atomic mass is 10.1. The molecule has 0 bridgehead atoms. The molecular formula is C25H25ClF3N3O3S3. The molecule has 1 fully saturated rings. The molecule has 0 unspecified atom stereocenters. The second kappa shape index (κ2) is 12.4. The van der Waals surface area contributed by atoms with Gasteiger partial charge in [0.2, 0.25) is 0 Å². The molecule has 4 rings (SSSR count). The highest BCUT2D eigenvalue weighted by Crippen LogP contribution is 2.36. The summed E-state index contributed by atoms with van der Waals surface area (Å²) in [6.45, 7) is 1.43. The highest BCUT2D eigenvalue weighted by Gasteiger charge is 2.31.